The molecule has 0 radical (unpaired) electrons. The van der Waals surface area contributed by atoms with Crippen LogP contribution in [-0.2, 0) is 0 Å². The zero-order valence-corrected chi connectivity index (χ0v) is 14.5. The lowest BCUT2D eigenvalue weighted by Gasteiger charge is -2.10. The van der Waals surface area contributed by atoms with Crippen LogP contribution >= 0.6 is 0 Å². The van der Waals surface area contributed by atoms with Crippen molar-refractivity contribution in [1.82, 2.24) is 15.1 Å². The van der Waals surface area contributed by atoms with Crippen LogP contribution in [0.3, 0.4) is 0 Å². The Kier molecular flexibility index (Phi) is 4.78. The van der Waals surface area contributed by atoms with Crippen molar-refractivity contribution in [2.45, 2.75) is 26.9 Å². The van der Waals surface area contributed by atoms with Gasteiger partial charge in [-0.25, -0.2) is 0 Å². The highest BCUT2D eigenvalue weighted by atomic mass is 16.6. The van der Waals surface area contributed by atoms with Crippen LogP contribution in [0.5, 0.6) is 5.88 Å². The fourth-order valence-electron chi connectivity index (χ4n) is 2.28. The molecule has 2 heterocycles. The van der Waals surface area contributed by atoms with Crippen molar-refractivity contribution >= 4 is 17.2 Å². The van der Waals surface area contributed by atoms with E-state index in [2.05, 4.69) is 20.4 Å². The summed E-state index contributed by atoms with van der Waals surface area (Å²) in [6.07, 6.45) is 3.06. The molecular formula is C17H17N5O4. The lowest BCUT2D eigenvalue weighted by molar-refractivity contribution is -0.384. The van der Waals surface area contributed by atoms with E-state index in [0.717, 1.165) is 0 Å². The first-order valence-electron chi connectivity index (χ1n) is 7.91. The van der Waals surface area contributed by atoms with Crippen molar-refractivity contribution in [2.75, 3.05) is 5.32 Å². The molecule has 26 heavy (non-hydrogen) atoms. The molecule has 0 atom stereocenters. The molecule has 0 saturated heterocycles. The van der Waals surface area contributed by atoms with Crippen molar-refractivity contribution in [3.63, 3.8) is 0 Å². The summed E-state index contributed by atoms with van der Waals surface area (Å²) in [6.45, 7) is 5.58. The predicted octanol–water partition coefficient (Wildman–Crippen LogP) is 3.88. The Balaban J connectivity index is 1.90. The molecule has 3 aromatic rings. The zero-order valence-electron chi connectivity index (χ0n) is 14.5. The van der Waals surface area contributed by atoms with E-state index in [1.54, 1.807) is 25.3 Å². The summed E-state index contributed by atoms with van der Waals surface area (Å²) < 4.78 is 10.9. The highest BCUT2D eigenvalue weighted by Gasteiger charge is 2.17. The number of benzene rings is 1. The lowest BCUT2D eigenvalue weighted by Crippen LogP contribution is -2.08. The summed E-state index contributed by atoms with van der Waals surface area (Å²) in [7, 11) is 0. The number of ether oxygens (including phenoxy) is 1. The average Bonchev–Trinajstić information content (AvgIpc) is 2.95. The van der Waals surface area contributed by atoms with Crippen LogP contribution in [0.15, 0.2) is 41.2 Å². The Labute approximate surface area is 149 Å². The van der Waals surface area contributed by atoms with Crippen LogP contribution < -0.4 is 10.1 Å². The third-order valence-electron chi connectivity index (χ3n) is 3.42. The third-order valence-corrected chi connectivity index (χ3v) is 3.42. The molecule has 0 fully saturated rings. The zero-order chi connectivity index (χ0) is 18.7. The number of nitrogens with one attached hydrogen (secondary N) is 1. The van der Waals surface area contributed by atoms with Crippen LogP contribution in [0.1, 0.15) is 19.5 Å². The Bertz CT molecular complexity index is 921. The molecule has 1 aromatic carbocycles. The number of non-ortho nitro benzene ring substituents is 1. The molecule has 0 saturated carbocycles. The molecule has 1 N–H and O–H groups in total. The number of hydrogen-bond acceptors (Lipinski definition) is 8. The van der Waals surface area contributed by atoms with E-state index in [4.69, 9.17) is 9.26 Å². The summed E-state index contributed by atoms with van der Waals surface area (Å²) in [5.74, 6) is 1.32. The van der Waals surface area contributed by atoms with Gasteiger partial charge in [0, 0.05) is 17.7 Å². The standard InChI is InChI=1S/C17H17N5O4/c1-10(2)25-15-9-18-8-14(19-15)20-16-11(3)21-26-17(16)12-4-6-13(7-5-12)22(23)24/h4-10H,1-3H3,(H,19,20). The van der Waals surface area contributed by atoms with Gasteiger partial charge < -0.3 is 14.6 Å². The van der Waals surface area contributed by atoms with Gasteiger partial charge in [-0.15, -0.1) is 0 Å². The Morgan fingerprint density at radius 3 is 2.62 bits per heavy atom. The first-order valence-corrected chi connectivity index (χ1v) is 7.91. The molecule has 0 amide bonds. The van der Waals surface area contributed by atoms with Crippen molar-refractivity contribution in [2.24, 2.45) is 0 Å². The number of nitro benzene ring substituents is 1. The maximum Gasteiger partial charge on any atom is 0.269 e. The summed E-state index contributed by atoms with van der Waals surface area (Å²) >= 11 is 0. The summed E-state index contributed by atoms with van der Waals surface area (Å²) in [4.78, 5) is 18.8. The van der Waals surface area contributed by atoms with Crippen molar-refractivity contribution < 1.29 is 14.2 Å². The maximum atomic E-state index is 10.8. The highest BCUT2D eigenvalue weighted by Crippen LogP contribution is 2.33. The molecule has 0 aliphatic carbocycles. The SMILES string of the molecule is Cc1noc(-c2ccc([N+](=O)[O-])cc2)c1Nc1cncc(OC(C)C)n1. The van der Waals surface area contributed by atoms with Crippen LogP contribution in [0.4, 0.5) is 17.2 Å². The van der Waals surface area contributed by atoms with Crippen LogP contribution in [-0.4, -0.2) is 26.2 Å². The number of rotatable bonds is 6. The molecule has 0 unspecified atom stereocenters. The second kappa shape index (κ2) is 7.18. The van der Waals surface area contributed by atoms with E-state index >= 15 is 0 Å². The van der Waals surface area contributed by atoms with Crippen LogP contribution in [0, 0.1) is 17.0 Å². The number of aromatic nitrogens is 3. The molecule has 3 rings (SSSR count). The summed E-state index contributed by atoms with van der Waals surface area (Å²) in [5, 5.41) is 17.9. The number of nitro groups is 1. The van der Waals surface area contributed by atoms with E-state index in [-0.39, 0.29) is 11.8 Å². The second-order valence-electron chi connectivity index (χ2n) is 5.81. The predicted molar refractivity (Wildman–Crippen MR) is 94.4 cm³/mol. The van der Waals surface area contributed by atoms with Gasteiger partial charge in [0.2, 0.25) is 5.88 Å². The molecule has 134 valence electrons. The van der Waals surface area contributed by atoms with E-state index < -0.39 is 4.92 Å². The van der Waals surface area contributed by atoms with Gasteiger partial charge in [-0.1, -0.05) is 5.16 Å². The van der Waals surface area contributed by atoms with Gasteiger partial charge in [0.25, 0.3) is 5.69 Å². The van der Waals surface area contributed by atoms with Crippen LogP contribution in [0.2, 0.25) is 0 Å². The van der Waals surface area contributed by atoms with Gasteiger partial charge in [-0.05, 0) is 32.9 Å². The second-order valence-corrected chi connectivity index (χ2v) is 5.81. The van der Waals surface area contributed by atoms with E-state index in [1.807, 2.05) is 13.8 Å². The van der Waals surface area contributed by atoms with Crippen molar-refractivity contribution in [3.8, 4) is 17.2 Å². The summed E-state index contributed by atoms with van der Waals surface area (Å²) in [5.41, 5.74) is 1.88. The van der Waals surface area contributed by atoms with Crippen molar-refractivity contribution in [1.29, 1.82) is 0 Å². The van der Waals surface area contributed by atoms with Gasteiger partial charge in [-0.3, -0.25) is 15.1 Å². The number of hydrogen-bond donors (Lipinski definition) is 1. The van der Waals surface area contributed by atoms with Gasteiger partial charge >= 0.3 is 0 Å². The largest absolute Gasteiger partial charge is 0.474 e. The minimum Gasteiger partial charge on any atom is -0.474 e. The highest BCUT2D eigenvalue weighted by molar-refractivity contribution is 5.77. The number of anilines is 2. The molecule has 0 bridgehead atoms. The monoisotopic (exact) mass is 355 g/mol. The van der Waals surface area contributed by atoms with Gasteiger partial charge in [0.05, 0.1) is 23.4 Å². The molecule has 9 heteroatoms. The van der Waals surface area contributed by atoms with E-state index in [1.165, 1.54) is 18.3 Å². The first-order chi connectivity index (χ1) is 12.4. The topological polar surface area (TPSA) is 116 Å². The molecule has 2 aromatic heterocycles. The molecule has 0 aliphatic heterocycles. The van der Waals surface area contributed by atoms with E-state index in [0.29, 0.717) is 34.4 Å². The molecular weight excluding hydrogens is 338 g/mol. The fourth-order valence-corrected chi connectivity index (χ4v) is 2.28. The van der Waals surface area contributed by atoms with Gasteiger partial charge in [0.15, 0.2) is 11.6 Å². The Morgan fingerprint density at radius 1 is 1.23 bits per heavy atom. The fraction of sp³-hybridized carbons (Fsp3) is 0.235. The van der Waals surface area contributed by atoms with Gasteiger partial charge in [-0.2, -0.15) is 4.98 Å². The maximum absolute atomic E-state index is 10.8. The number of nitrogens with zero attached hydrogens (tertiary/aromatic N) is 4. The van der Waals surface area contributed by atoms with Gasteiger partial charge in [0.1, 0.15) is 11.4 Å². The minimum absolute atomic E-state index is 0.00361. The minimum atomic E-state index is -0.454. The molecule has 0 aliphatic rings. The Hall–Kier alpha value is -3.49. The average molecular weight is 355 g/mol. The lowest BCUT2D eigenvalue weighted by atomic mass is 10.1. The first kappa shape index (κ1) is 17.3. The third kappa shape index (κ3) is 3.77. The normalized spacial score (nSPS) is 10.8. The Morgan fingerprint density at radius 2 is 1.96 bits per heavy atom. The van der Waals surface area contributed by atoms with Crippen molar-refractivity contribution in [3.05, 3.63) is 52.5 Å². The molecule has 9 nitrogen and oxygen atoms in total. The van der Waals surface area contributed by atoms with E-state index in [9.17, 15) is 10.1 Å². The summed E-state index contributed by atoms with van der Waals surface area (Å²) in [6, 6.07) is 6.03. The van der Waals surface area contributed by atoms with Crippen LogP contribution in [0.25, 0.3) is 11.3 Å². The smallest absolute Gasteiger partial charge is 0.269 e. The quantitative estimate of drug-likeness (QED) is 0.523. The molecule has 0 spiro atoms. The number of aryl methyl sites for hydroxylation is 1.